The molecule has 0 radical (unpaired) electrons. The predicted molar refractivity (Wildman–Crippen MR) is 173 cm³/mol. The first-order valence-electron chi connectivity index (χ1n) is 14.1. The summed E-state index contributed by atoms with van der Waals surface area (Å²) in [6.07, 6.45) is 2.34. The monoisotopic (exact) mass is 706 g/mol. The molecule has 1 fully saturated rings. The van der Waals surface area contributed by atoms with Gasteiger partial charge in [0.1, 0.15) is 6.61 Å². The Bertz CT molecular complexity index is 1670. The molecule has 2 aliphatic rings. The van der Waals surface area contributed by atoms with Crippen LogP contribution in [0.1, 0.15) is 36.0 Å². The predicted octanol–water partition coefficient (Wildman–Crippen LogP) is 2.77. The van der Waals surface area contributed by atoms with Crippen molar-refractivity contribution in [3.8, 4) is 0 Å². The second kappa shape index (κ2) is 16.4. The lowest BCUT2D eigenvalue weighted by atomic mass is 10.0. The Labute approximate surface area is 277 Å². The summed E-state index contributed by atoms with van der Waals surface area (Å²) in [6.45, 7) is -0.819. The number of rotatable bonds is 12. The molecule has 6 amide bonds. The van der Waals surface area contributed by atoms with Crippen molar-refractivity contribution in [2.75, 3.05) is 29.6 Å². The Morgan fingerprint density at radius 2 is 1.55 bits per heavy atom. The third-order valence-electron chi connectivity index (χ3n) is 6.72. The van der Waals surface area contributed by atoms with E-state index in [-0.39, 0.29) is 43.9 Å². The van der Waals surface area contributed by atoms with E-state index in [1.165, 1.54) is 26.5 Å². The van der Waals surface area contributed by atoms with Gasteiger partial charge >= 0.3 is 12.2 Å². The number of hydrogen-bond donors (Lipinski definition) is 3. The van der Waals surface area contributed by atoms with Gasteiger partial charge in [-0.3, -0.25) is 38.8 Å². The second-order valence-corrected chi connectivity index (χ2v) is 14.2. The lowest BCUT2D eigenvalue weighted by Gasteiger charge is -2.27. The van der Waals surface area contributed by atoms with Crippen molar-refractivity contribution in [1.82, 2.24) is 15.7 Å². The molecule has 0 saturated carbocycles. The van der Waals surface area contributed by atoms with Crippen molar-refractivity contribution in [2.24, 2.45) is 0 Å². The zero-order valence-electron chi connectivity index (χ0n) is 24.7. The number of nitrogens with zero attached hydrogens (tertiary/aromatic N) is 2. The molecule has 4 rings (SSSR count). The maximum Gasteiger partial charge on any atom is 0.533 e. The number of carbonyl (C=O) groups excluding carboxylic acids is 6. The van der Waals surface area contributed by atoms with Crippen LogP contribution in [0, 0.1) is 0 Å². The molecule has 0 aliphatic carbocycles. The van der Waals surface area contributed by atoms with E-state index < -0.39 is 57.7 Å². The SMILES string of the molecule is O=C(CCSSCCOC(=O)ON1C(=O)CCC1=O)NCC(C(=O)NC(=O)N1Cc2ccccc2/C=C\c2ccccc21)S(=O)(=O)O. The summed E-state index contributed by atoms with van der Waals surface area (Å²) in [7, 11) is -2.55. The molecule has 3 N–H and O–H groups in total. The van der Waals surface area contributed by atoms with Gasteiger partial charge in [0.25, 0.3) is 27.8 Å². The van der Waals surface area contributed by atoms with Crippen molar-refractivity contribution >= 4 is 85.4 Å². The maximum absolute atomic E-state index is 13.3. The number of ether oxygens (including phenoxy) is 1. The fourth-order valence-corrected chi connectivity index (χ4v) is 6.82. The first kappa shape index (κ1) is 35.5. The lowest BCUT2D eigenvalue weighted by Crippen LogP contribution is -2.52. The quantitative estimate of drug-likeness (QED) is 0.0956. The van der Waals surface area contributed by atoms with Crippen molar-refractivity contribution in [1.29, 1.82) is 0 Å². The van der Waals surface area contributed by atoms with Crippen LogP contribution in [0.25, 0.3) is 12.2 Å². The minimum Gasteiger partial charge on any atom is -0.432 e. The number of fused-ring (bicyclic) bond motifs is 2. The first-order chi connectivity index (χ1) is 22.4. The minimum atomic E-state index is -5.02. The van der Waals surface area contributed by atoms with E-state index in [2.05, 4.69) is 10.2 Å². The van der Waals surface area contributed by atoms with Crippen LogP contribution in [-0.2, 0) is 45.4 Å². The molecule has 0 bridgehead atoms. The van der Waals surface area contributed by atoms with Gasteiger partial charge in [-0.15, -0.1) is 0 Å². The summed E-state index contributed by atoms with van der Waals surface area (Å²) < 4.78 is 38.7. The van der Waals surface area contributed by atoms with Crippen LogP contribution < -0.4 is 15.5 Å². The summed E-state index contributed by atoms with van der Waals surface area (Å²) in [5, 5.41) is 2.55. The van der Waals surface area contributed by atoms with Crippen LogP contribution in [0.3, 0.4) is 0 Å². The molecule has 2 aromatic rings. The van der Waals surface area contributed by atoms with Crippen LogP contribution in [0.2, 0.25) is 0 Å². The number of hydrogen-bond acceptors (Lipinski definition) is 12. The molecule has 2 heterocycles. The second-order valence-electron chi connectivity index (χ2n) is 9.94. The van der Waals surface area contributed by atoms with Gasteiger partial charge in [-0.2, -0.15) is 8.42 Å². The van der Waals surface area contributed by atoms with Gasteiger partial charge in [-0.1, -0.05) is 81.3 Å². The average Bonchev–Trinajstić information content (AvgIpc) is 3.33. The number of anilines is 1. The number of benzene rings is 2. The van der Waals surface area contributed by atoms with Gasteiger partial charge in [0.05, 0.1) is 12.2 Å². The van der Waals surface area contributed by atoms with Crippen LogP contribution in [0.4, 0.5) is 15.3 Å². The number of carbonyl (C=O) groups is 6. The summed E-state index contributed by atoms with van der Waals surface area (Å²) in [5.41, 5.74) is 2.78. The largest absolute Gasteiger partial charge is 0.533 e. The molecule has 1 atom stereocenters. The Balaban J connectivity index is 1.22. The Hall–Kier alpha value is -4.39. The molecule has 1 saturated heterocycles. The molecule has 2 aliphatic heterocycles. The van der Waals surface area contributed by atoms with Crippen LogP contribution in [-0.4, -0.2) is 83.8 Å². The van der Waals surface area contributed by atoms with Crippen LogP contribution in [0.5, 0.6) is 0 Å². The highest BCUT2D eigenvalue weighted by Gasteiger charge is 2.35. The summed E-state index contributed by atoms with van der Waals surface area (Å²) in [5.74, 6) is -2.67. The number of hydroxylamine groups is 2. The van der Waals surface area contributed by atoms with Gasteiger partial charge in [0.15, 0.2) is 5.25 Å². The van der Waals surface area contributed by atoms with E-state index in [4.69, 9.17) is 4.74 Å². The normalized spacial score (nSPS) is 15.4. The maximum atomic E-state index is 13.3. The minimum absolute atomic E-state index is 0.0439. The summed E-state index contributed by atoms with van der Waals surface area (Å²) >= 11 is 0. The van der Waals surface area contributed by atoms with Crippen LogP contribution in [0.15, 0.2) is 48.5 Å². The van der Waals surface area contributed by atoms with Crippen LogP contribution >= 0.6 is 21.6 Å². The number of urea groups is 1. The highest BCUT2D eigenvalue weighted by atomic mass is 33.1. The summed E-state index contributed by atoms with van der Waals surface area (Å²) in [6, 6.07) is 13.4. The highest BCUT2D eigenvalue weighted by Crippen LogP contribution is 2.29. The standard InChI is InChI=1S/C29H30N4O11S3/c34-24(13-15-45-46-16-14-43-29(39)44-33-25(35)11-12-26(33)36)30-17-23(47(40,41)42)27(37)31-28(38)32-18-21-7-2-1-5-19(21)9-10-20-6-3-4-8-22(20)32/h1-10,23H,11-18H2,(H,30,34)(H,31,37,38)(H,40,41,42)/b10-9-. The fraction of sp³-hybridized carbons (Fsp3) is 0.310. The number of para-hydroxylation sites is 1. The molecule has 250 valence electrons. The number of amides is 6. The van der Waals surface area contributed by atoms with Gasteiger partial charge < -0.3 is 10.1 Å². The Morgan fingerprint density at radius 1 is 0.915 bits per heavy atom. The third-order valence-corrected chi connectivity index (χ3v) is 10.2. The van der Waals surface area contributed by atoms with E-state index in [1.54, 1.807) is 30.3 Å². The molecule has 0 spiro atoms. The first-order valence-corrected chi connectivity index (χ1v) is 18.1. The van der Waals surface area contributed by atoms with Gasteiger partial charge in [0.2, 0.25) is 5.91 Å². The van der Waals surface area contributed by atoms with E-state index in [9.17, 15) is 41.7 Å². The molecule has 15 nitrogen and oxygen atoms in total. The summed E-state index contributed by atoms with van der Waals surface area (Å²) in [4.78, 5) is 78.9. The van der Waals surface area contributed by atoms with Crippen molar-refractivity contribution in [3.05, 3.63) is 65.2 Å². The zero-order chi connectivity index (χ0) is 34.0. The molecule has 0 aromatic heterocycles. The van der Waals surface area contributed by atoms with Crippen molar-refractivity contribution in [2.45, 2.75) is 31.1 Å². The average molecular weight is 707 g/mol. The Morgan fingerprint density at radius 3 is 2.28 bits per heavy atom. The third kappa shape index (κ3) is 10.0. The van der Waals surface area contributed by atoms with E-state index >= 15 is 0 Å². The van der Waals surface area contributed by atoms with Gasteiger partial charge in [-0.05, 0) is 22.8 Å². The molecular formula is C29H30N4O11S3. The molecule has 18 heteroatoms. The lowest BCUT2D eigenvalue weighted by molar-refractivity contribution is -0.176. The number of nitrogens with one attached hydrogen (secondary N) is 2. The van der Waals surface area contributed by atoms with E-state index in [0.29, 0.717) is 16.3 Å². The van der Waals surface area contributed by atoms with Gasteiger partial charge in [-0.25, -0.2) is 9.59 Å². The molecule has 2 aromatic carbocycles. The van der Waals surface area contributed by atoms with E-state index in [0.717, 1.165) is 11.1 Å². The topological polar surface area (TPSA) is 206 Å². The molecule has 47 heavy (non-hydrogen) atoms. The van der Waals surface area contributed by atoms with Crippen molar-refractivity contribution in [3.63, 3.8) is 0 Å². The number of imide groups is 2. The van der Waals surface area contributed by atoms with Crippen molar-refractivity contribution < 1.29 is 51.3 Å². The van der Waals surface area contributed by atoms with E-state index in [1.807, 2.05) is 35.7 Å². The smallest absolute Gasteiger partial charge is 0.432 e. The molecular weight excluding hydrogens is 677 g/mol. The highest BCUT2D eigenvalue weighted by molar-refractivity contribution is 8.76. The Kier molecular flexibility index (Phi) is 12.4. The van der Waals surface area contributed by atoms with Gasteiger partial charge in [0, 0.05) is 37.3 Å². The zero-order valence-corrected chi connectivity index (χ0v) is 27.1. The fourth-order valence-electron chi connectivity index (χ4n) is 4.38. The molecule has 1 unspecified atom stereocenters.